The average Bonchev–Trinajstić information content (AvgIpc) is 3.66. The van der Waals surface area contributed by atoms with Crippen molar-refractivity contribution in [1.29, 1.82) is 0 Å². The van der Waals surface area contributed by atoms with Crippen molar-refractivity contribution in [2.75, 3.05) is 6.79 Å². The maximum Gasteiger partial charge on any atom is 0.254 e. The van der Waals surface area contributed by atoms with Gasteiger partial charge in [-0.25, -0.2) is 0 Å². The van der Waals surface area contributed by atoms with Crippen molar-refractivity contribution >= 4 is 28.8 Å². The van der Waals surface area contributed by atoms with Gasteiger partial charge in [0.1, 0.15) is 12.4 Å². The Bertz CT molecular complexity index is 1410. The number of hydrazone groups is 1. The van der Waals surface area contributed by atoms with E-state index in [0.717, 1.165) is 39.1 Å². The van der Waals surface area contributed by atoms with Gasteiger partial charge in [-0.1, -0.05) is 48.6 Å². The predicted molar refractivity (Wildman–Crippen MR) is 128 cm³/mol. The topological polar surface area (TPSA) is 77.4 Å². The van der Waals surface area contributed by atoms with Crippen LogP contribution in [-0.2, 0) is 16.2 Å². The van der Waals surface area contributed by atoms with Crippen molar-refractivity contribution in [1.82, 2.24) is 5.01 Å². The van der Waals surface area contributed by atoms with E-state index in [-0.39, 0.29) is 42.3 Å². The van der Waals surface area contributed by atoms with Crippen LogP contribution in [0, 0.1) is 23.7 Å². The summed E-state index contributed by atoms with van der Waals surface area (Å²) in [5.41, 5.74) is 1.66. The molecule has 174 valence electrons. The quantitative estimate of drug-likeness (QED) is 0.319. The van der Waals surface area contributed by atoms with E-state index in [2.05, 4.69) is 17.3 Å². The third-order valence-corrected chi connectivity index (χ3v) is 7.51. The molecular weight excluding hydrogens is 444 g/mol. The van der Waals surface area contributed by atoms with Crippen molar-refractivity contribution in [2.45, 2.75) is 13.0 Å². The molecule has 7 heteroatoms. The van der Waals surface area contributed by atoms with Gasteiger partial charge in [-0.2, -0.15) is 10.1 Å². The third-order valence-electron chi connectivity index (χ3n) is 7.51. The van der Waals surface area contributed by atoms with E-state index in [1.165, 1.54) is 0 Å². The molecule has 0 aromatic heterocycles. The molecule has 0 unspecified atom stereocenters. The van der Waals surface area contributed by atoms with Crippen LogP contribution in [0.5, 0.6) is 17.2 Å². The molecule has 3 aromatic carbocycles. The zero-order chi connectivity index (χ0) is 23.5. The van der Waals surface area contributed by atoms with E-state index in [0.29, 0.717) is 18.1 Å². The van der Waals surface area contributed by atoms with Crippen LogP contribution in [0.2, 0.25) is 0 Å². The van der Waals surface area contributed by atoms with Crippen molar-refractivity contribution in [2.24, 2.45) is 28.8 Å². The van der Waals surface area contributed by atoms with Crippen LogP contribution in [-0.4, -0.2) is 29.8 Å². The first-order valence-electron chi connectivity index (χ1n) is 11.8. The molecule has 35 heavy (non-hydrogen) atoms. The normalized spacial score (nSPS) is 25.9. The van der Waals surface area contributed by atoms with Gasteiger partial charge in [0.2, 0.25) is 6.79 Å². The highest BCUT2D eigenvalue weighted by Gasteiger charge is 2.59. The molecule has 0 radical (unpaired) electrons. The molecule has 0 N–H and O–H groups in total. The number of hydrogen-bond donors (Lipinski definition) is 0. The summed E-state index contributed by atoms with van der Waals surface area (Å²) < 4.78 is 17.0. The summed E-state index contributed by atoms with van der Waals surface area (Å²) in [4.78, 5) is 26.1. The van der Waals surface area contributed by atoms with Gasteiger partial charge < -0.3 is 14.2 Å². The molecule has 0 spiro atoms. The Morgan fingerprint density at radius 1 is 0.943 bits per heavy atom. The number of carbonyl (C=O) groups is 2. The zero-order valence-corrected chi connectivity index (χ0v) is 18.8. The fourth-order valence-electron chi connectivity index (χ4n) is 5.84. The molecule has 2 fully saturated rings. The average molecular weight is 466 g/mol. The molecule has 3 aromatic rings. The summed E-state index contributed by atoms with van der Waals surface area (Å²) in [7, 11) is 0. The molecule has 4 atom stereocenters. The van der Waals surface area contributed by atoms with Crippen molar-refractivity contribution in [3.63, 3.8) is 0 Å². The first-order chi connectivity index (χ1) is 17.2. The van der Waals surface area contributed by atoms with E-state index in [4.69, 9.17) is 14.2 Å². The molecule has 2 aliphatic heterocycles. The standard InChI is InChI=1S/C28H22N2O5/c31-27-25-18-6-7-19(12-18)26(25)28(32)30(27)29-13-21-20-4-2-1-3-17(20)8-10-22(21)33-14-16-5-9-23-24(11-16)35-15-34-23/h1-11,13,18-19,25-26H,12,14-15H2/t18-,19-,25-,26+/m0/s1. The number of nitrogens with zero attached hydrogens (tertiary/aromatic N) is 2. The molecule has 1 saturated carbocycles. The SMILES string of the molecule is O=C1[C@@H]2[C@H](C(=O)N1N=Cc1c(OCc3ccc4c(c3)OCO4)ccc3ccccc13)[C@H]1C=C[C@H]2C1. The second kappa shape index (κ2) is 7.70. The lowest BCUT2D eigenvalue weighted by atomic mass is 9.85. The summed E-state index contributed by atoms with van der Waals surface area (Å²) >= 11 is 0. The Labute approximate surface area is 201 Å². The predicted octanol–water partition coefficient (Wildman–Crippen LogP) is 4.29. The molecule has 2 heterocycles. The Morgan fingerprint density at radius 3 is 2.54 bits per heavy atom. The van der Waals surface area contributed by atoms with Gasteiger partial charge in [0, 0.05) is 5.56 Å². The van der Waals surface area contributed by atoms with Gasteiger partial charge in [-0.15, -0.1) is 0 Å². The molecular formula is C28H22N2O5. The van der Waals surface area contributed by atoms with E-state index in [1.807, 2.05) is 54.6 Å². The lowest BCUT2D eigenvalue weighted by molar-refractivity contribution is -0.140. The van der Waals surface area contributed by atoms with Crippen LogP contribution in [0.4, 0.5) is 0 Å². The van der Waals surface area contributed by atoms with Crippen LogP contribution in [0.1, 0.15) is 17.5 Å². The van der Waals surface area contributed by atoms with Gasteiger partial charge >= 0.3 is 0 Å². The number of fused-ring (bicyclic) bond motifs is 7. The fraction of sp³-hybridized carbons (Fsp3) is 0.250. The summed E-state index contributed by atoms with van der Waals surface area (Å²) in [5.74, 6) is 1.40. The number of amides is 2. The first kappa shape index (κ1) is 20.3. The largest absolute Gasteiger partial charge is 0.488 e. The van der Waals surface area contributed by atoms with E-state index < -0.39 is 0 Å². The minimum absolute atomic E-state index is 0.153. The Hall–Kier alpha value is -4.13. The smallest absolute Gasteiger partial charge is 0.254 e. The highest BCUT2D eigenvalue weighted by Crippen LogP contribution is 2.52. The highest BCUT2D eigenvalue weighted by molar-refractivity contribution is 6.08. The third kappa shape index (κ3) is 3.15. The van der Waals surface area contributed by atoms with Crippen LogP contribution in [0.3, 0.4) is 0 Å². The molecule has 4 aliphatic rings. The van der Waals surface area contributed by atoms with E-state index in [1.54, 1.807) is 6.21 Å². The number of hydrogen-bond acceptors (Lipinski definition) is 6. The second-order valence-corrected chi connectivity index (χ2v) is 9.41. The van der Waals surface area contributed by atoms with Crippen LogP contribution in [0.15, 0.2) is 71.9 Å². The van der Waals surface area contributed by atoms with Gasteiger partial charge in [0.15, 0.2) is 11.5 Å². The van der Waals surface area contributed by atoms with Crippen molar-refractivity contribution in [3.8, 4) is 17.2 Å². The minimum Gasteiger partial charge on any atom is -0.488 e. The fourth-order valence-corrected chi connectivity index (χ4v) is 5.84. The maximum atomic E-state index is 13.1. The van der Waals surface area contributed by atoms with Gasteiger partial charge in [-0.3, -0.25) is 9.59 Å². The van der Waals surface area contributed by atoms with E-state index >= 15 is 0 Å². The summed E-state index contributed by atoms with van der Waals surface area (Å²) in [6.07, 6.45) is 6.64. The lowest BCUT2D eigenvalue weighted by Gasteiger charge is -2.14. The molecule has 2 aliphatic carbocycles. The lowest BCUT2D eigenvalue weighted by Crippen LogP contribution is -2.28. The Balaban J connectivity index is 1.20. The number of ether oxygens (including phenoxy) is 3. The molecule has 7 rings (SSSR count). The monoisotopic (exact) mass is 466 g/mol. The number of benzene rings is 3. The van der Waals surface area contributed by atoms with Crippen LogP contribution in [0.25, 0.3) is 10.8 Å². The summed E-state index contributed by atoms with van der Waals surface area (Å²) in [6.45, 7) is 0.536. The van der Waals surface area contributed by atoms with Crippen molar-refractivity contribution < 1.29 is 23.8 Å². The molecule has 7 nitrogen and oxygen atoms in total. The van der Waals surface area contributed by atoms with E-state index in [9.17, 15) is 9.59 Å². The molecule has 2 bridgehead atoms. The van der Waals surface area contributed by atoms with Crippen LogP contribution >= 0.6 is 0 Å². The highest BCUT2D eigenvalue weighted by atomic mass is 16.7. The summed E-state index contributed by atoms with van der Waals surface area (Å²) in [5, 5.41) is 7.43. The van der Waals surface area contributed by atoms with Gasteiger partial charge in [0.25, 0.3) is 11.8 Å². The summed E-state index contributed by atoms with van der Waals surface area (Å²) in [6, 6.07) is 17.5. The zero-order valence-electron chi connectivity index (χ0n) is 18.8. The molecule has 1 saturated heterocycles. The van der Waals surface area contributed by atoms with Crippen LogP contribution < -0.4 is 14.2 Å². The number of rotatable bonds is 5. The Kier molecular flexibility index (Phi) is 4.46. The second-order valence-electron chi connectivity index (χ2n) is 9.41. The molecule has 2 amide bonds. The number of carbonyl (C=O) groups excluding carboxylic acids is 2. The minimum atomic E-state index is -0.274. The van der Waals surface area contributed by atoms with Gasteiger partial charge in [-0.05, 0) is 52.8 Å². The van der Waals surface area contributed by atoms with Gasteiger partial charge in [0.05, 0.1) is 18.1 Å². The van der Waals surface area contributed by atoms with Crippen molar-refractivity contribution in [3.05, 3.63) is 77.9 Å². The first-order valence-corrected chi connectivity index (χ1v) is 11.8. The Morgan fingerprint density at radius 2 is 1.71 bits per heavy atom. The maximum absolute atomic E-state index is 13.1. The number of imide groups is 1. The number of allylic oxidation sites excluding steroid dienone is 2.